The Hall–Kier alpha value is -2.41. The zero-order valence-corrected chi connectivity index (χ0v) is 14.8. The van der Waals surface area contributed by atoms with Crippen molar-refractivity contribution in [3.8, 4) is 0 Å². The fourth-order valence-corrected chi connectivity index (χ4v) is 2.12. The third-order valence-electron chi connectivity index (χ3n) is 3.13. The van der Waals surface area contributed by atoms with Crippen LogP contribution in [0.3, 0.4) is 0 Å². The van der Waals surface area contributed by atoms with Crippen LogP contribution in [0.25, 0.3) is 0 Å². The largest absolute Gasteiger partial charge is 0.364 e. The third kappa shape index (κ3) is 7.80. The molecule has 0 aliphatic rings. The molecule has 1 aromatic heterocycles. The molecule has 1 unspecified atom stereocenters. The Kier molecular flexibility index (Phi) is 7.57. The van der Waals surface area contributed by atoms with Gasteiger partial charge in [0.1, 0.15) is 5.69 Å². The quantitative estimate of drug-likeness (QED) is 0.882. The maximum atomic E-state index is 12.5. The lowest BCUT2D eigenvalue weighted by Gasteiger charge is -2.26. The minimum Gasteiger partial charge on any atom is -0.364 e. The van der Waals surface area contributed by atoms with Gasteiger partial charge in [-0.05, 0) is 39.3 Å². The first-order chi connectivity index (χ1) is 11.6. The van der Waals surface area contributed by atoms with Gasteiger partial charge in [0.2, 0.25) is 0 Å². The standard InChI is InChI=1S/C13H19F2N.C5H5N3O/c1-9(16-13(2,3)4)10-6-5-7-11(8-10)12(14)15;6-5(9)4-3-7-1-2-8-4/h5-9,12,16H,1-4H3;1-3H,(H2,6,9). The van der Waals surface area contributed by atoms with Gasteiger partial charge < -0.3 is 11.1 Å². The van der Waals surface area contributed by atoms with Gasteiger partial charge in [-0.25, -0.2) is 13.8 Å². The van der Waals surface area contributed by atoms with E-state index in [9.17, 15) is 13.6 Å². The highest BCUT2D eigenvalue weighted by atomic mass is 19.3. The van der Waals surface area contributed by atoms with Crippen LogP contribution in [0.15, 0.2) is 42.9 Å². The Bertz CT molecular complexity index is 672. The van der Waals surface area contributed by atoms with Crippen molar-refractivity contribution >= 4 is 5.91 Å². The first-order valence-corrected chi connectivity index (χ1v) is 7.81. The molecule has 1 aromatic carbocycles. The average Bonchev–Trinajstić information content (AvgIpc) is 2.55. The second-order valence-corrected chi connectivity index (χ2v) is 6.54. The molecular formula is C18H24F2N4O. The molecule has 0 fully saturated rings. The molecule has 5 nitrogen and oxygen atoms in total. The predicted molar refractivity (Wildman–Crippen MR) is 93.3 cm³/mol. The van der Waals surface area contributed by atoms with Crippen LogP contribution in [0.2, 0.25) is 0 Å². The number of carbonyl (C=O) groups excluding carboxylic acids is 1. The Morgan fingerprint density at radius 1 is 1.20 bits per heavy atom. The lowest BCUT2D eigenvalue weighted by Crippen LogP contribution is -2.37. The van der Waals surface area contributed by atoms with Crippen molar-refractivity contribution in [2.75, 3.05) is 0 Å². The summed E-state index contributed by atoms with van der Waals surface area (Å²) in [4.78, 5) is 17.6. The van der Waals surface area contributed by atoms with Crippen LogP contribution in [0.1, 0.15) is 61.8 Å². The maximum absolute atomic E-state index is 12.5. The lowest BCUT2D eigenvalue weighted by atomic mass is 10.0. The summed E-state index contributed by atoms with van der Waals surface area (Å²) >= 11 is 0. The van der Waals surface area contributed by atoms with Crippen LogP contribution >= 0.6 is 0 Å². The van der Waals surface area contributed by atoms with Gasteiger partial charge in [-0.2, -0.15) is 0 Å². The third-order valence-corrected chi connectivity index (χ3v) is 3.13. The molecule has 1 heterocycles. The van der Waals surface area contributed by atoms with Crippen LogP contribution in [-0.2, 0) is 0 Å². The number of hydrogen-bond acceptors (Lipinski definition) is 4. The number of carbonyl (C=O) groups is 1. The van der Waals surface area contributed by atoms with E-state index in [4.69, 9.17) is 5.73 Å². The van der Waals surface area contributed by atoms with Gasteiger partial charge >= 0.3 is 0 Å². The van der Waals surface area contributed by atoms with Gasteiger partial charge in [-0.1, -0.05) is 18.2 Å². The smallest absolute Gasteiger partial charge is 0.268 e. The van der Waals surface area contributed by atoms with E-state index in [-0.39, 0.29) is 22.8 Å². The molecule has 7 heteroatoms. The average molecular weight is 350 g/mol. The molecule has 1 atom stereocenters. The summed E-state index contributed by atoms with van der Waals surface area (Å²) < 4.78 is 25.1. The SMILES string of the molecule is CC(NC(C)(C)C)c1cccc(C(F)F)c1.NC(=O)c1cnccn1. The van der Waals surface area contributed by atoms with E-state index < -0.39 is 12.3 Å². The summed E-state index contributed by atoms with van der Waals surface area (Å²) in [7, 11) is 0. The number of rotatable bonds is 4. The first-order valence-electron chi connectivity index (χ1n) is 7.81. The number of alkyl halides is 2. The second-order valence-electron chi connectivity index (χ2n) is 6.54. The van der Waals surface area contributed by atoms with Crippen molar-refractivity contribution in [3.63, 3.8) is 0 Å². The van der Waals surface area contributed by atoms with Gasteiger partial charge in [0.25, 0.3) is 12.3 Å². The number of nitrogens with two attached hydrogens (primary N) is 1. The fourth-order valence-electron chi connectivity index (χ4n) is 2.12. The van der Waals surface area contributed by atoms with Gasteiger partial charge in [0.15, 0.2) is 0 Å². The number of amides is 1. The maximum Gasteiger partial charge on any atom is 0.268 e. The lowest BCUT2D eigenvalue weighted by molar-refractivity contribution is 0.0995. The van der Waals surface area contributed by atoms with Gasteiger partial charge in [-0.15, -0.1) is 0 Å². The van der Waals surface area contributed by atoms with E-state index in [1.807, 2.05) is 13.0 Å². The van der Waals surface area contributed by atoms with Crippen LogP contribution in [-0.4, -0.2) is 21.4 Å². The van der Waals surface area contributed by atoms with Crippen molar-refractivity contribution in [3.05, 3.63) is 59.7 Å². The summed E-state index contributed by atoms with van der Waals surface area (Å²) in [5.74, 6) is -0.553. The molecule has 0 saturated heterocycles. The molecule has 1 amide bonds. The highest BCUT2D eigenvalue weighted by molar-refractivity contribution is 5.90. The number of nitrogens with zero attached hydrogens (tertiary/aromatic N) is 2. The van der Waals surface area contributed by atoms with Crippen molar-refractivity contribution in [1.29, 1.82) is 0 Å². The molecule has 2 aromatic rings. The van der Waals surface area contributed by atoms with E-state index in [2.05, 4.69) is 36.1 Å². The molecular weight excluding hydrogens is 326 g/mol. The van der Waals surface area contributed by atoms with Crippen molar-refractivity contribution in [1.82, 2.24) is 15.3 Å². The van der Waals surface area contributed by atoms with Crippen LogP contribution in [0, 0.1) is 0 Å². The van der Waals surface area contributed by atoms with E-state index in [0.717, 1.165) is 5.56 Å². The molecule has 136 valence electrons. The summed E-state index contributed by atoms with van der Waals surface area (Å²) in [6, 6.07) is 6.64. The molecule has 0 aliphatic carbocycles. The monoisotopic (exact) mass is 350 g/mol. The molecule has 0 spiro atoms. The molecule has 0 aliphatic heterocycles. The van der Waals surface area contributed by atoms with Crippen LogP contribution in [0.4, 0.5) is 8.78 Å². The zero-order chi connectivity index (χ0) is 19.0. The van der Waals surface area contributed by atoms with Gasteiger partial charge in [0.05, 0.1) is 6.20 Å². The Morgan fingerprint density at radius 2 is 1.84 bits per heavy atom. The second kappa shape index (κ2) is 9.17. The fraction of sp³-hybridized carbons (Fsp3) is 0.389. The molecule has 0 saturated carbocycles. The van der Waals surface area contributed by atoms with E-state index >= 15 is 0 Å². The number of aromatic nitrogens is 2. The van der Waals surface area contributed by atoms with Crippen molar-refractivity contribution in [2.24, 2.45) is 5.73 Å². The Labute approximate surface area is 146 Å². The van der Waals surface area contributed by atoms with Gasteiger partial charge in [0, 0.05) is 29.5 Å². The molecule has 0 radical (unpaired) electrons. The number of benzene rings is 1. The van der Waals surface area contributed by atoms with Gasteiger partial charge in [-0.3, -0.25) is 9.78 Å². The number of halogens is 2. The molecule has 25 heavy (non-hydrogen) atoms. The van der Waals surface area contributed by atoms with E-state index in [1.165, 1.54) is 24.7 Å². The summed E-state index contributed by atoms with van der Waals surface area (Å²) in [5.41, 5.74) is 6.02. The zero-order valence-electron chi connectivity index (χ0n) is 14.8. The highest BCUT2D eigenvalue weighted by Gasteiger charge is 2.16. The molecule has 0 bridgehead atoms. The van der Waals surface area contributed by atoms with Crippen LogP contribution < -0.4 is 11.1 Å². The van der Waals surface area contributed by atoms with E-state index in [1.54, 1.807) is 12.1 Å². The Balaban J connectivity index is 0.000000293. The molecule has 2 rings (SSSR count). The summed E-state index contributed by atoms with van der Waals surface area (Å²) in [6.45, 7) is 8.15. The number of nitrogens with one attached hydrogen (secondary N) is 1. The Morgan fingerprint density at radius 3 is 2.28 bits per heavy atom. The van der Waals surface area contributed by atoms with Crippen molar-refractivity contribution < 1.29 is 13.6 Å². The topological polar surface area (TPSA) is 80.9 Å². The summed E-state index contributed by atoms with van der Waals surface area (Å²) in [6.07, 6.45) is 1.82. The van der Waals surface area contributed by atoms with Crippen molar-refractivity contribution in [2.45, 2.75) is 45.7 Å². The minimum atomic E-state index is -2.40. The summed E-state index contributed by atoms with van der Waals surface area (Å²) in [5, 5.41) is 3.36. The van der Waals surface area contributed by atoms with E-state index in [0.29, 0.717) is 0 Å². The van der Waals surface area contributed by atoms with Crippen LogP contribution in [0.5, 0.6) is 0 Å². The minimum absolute atomic E-state index is 0.0275. The normalized spacial score (nSPS) is 12.3. The number of hydrogen-bond donors (Lipinski definition) is 2. The predicted octanol–water partition coefficient (Wildman–Crippen LogP) is 3.65. The highest BCUT2D eigenvalue weighted by Crippen LogP contribution is 2.23. The molecule has 3 N–H and O–H groups in total. The number of primary amides is 1. The first kappa shape index (κ1) is 20.6.